The molecule has 45 heavy (non-hydrogen) atoms. The van der Waals surface area contributed by atoms with Gasteiger partial charge in [0.15, 0.2) is 5.96 Å². The molecule has 17 nitrogen and oxygen atoms in total. The highest BCUT2D eigenvalue weighted by molar-refractivity contribution is 5.84. The highest BCUT2D eigenvalue weighted by Crippen LogP contribution is 2.18. The molecule has 0 amide bonds. The summed E-state index contributed by atoms with van der Waals surface area (Å²) in [6, 6.07) is 5.11. The molecule has 0 aliphatic carbocycles. The standard InChI is InChI=1S/C11H12N2O2.C6H14N4O2.C6H14N2O2.C5H9NO2/c12-9(11(14)15)5-7-6-13-10-4-2-1-3-8(7)10;7-4(5(11)12)2-1-3-10-6(8)9;7-4-2-1-3-5(8)6(9)10;7-5(8)4-2-1-3-6-4/h1-4,6,9,13H,5,12H2,(H,14,15);4H,1-3,7H2,(H,11,12)(H4,8,9,10);5H,1-4,7-8H2,(H,9,10);4,6H,1-3H2,(H,7,8). The zero-order valence-corrected chi connectivity index (χ0v) is 25.3. The lowest BCUT2D eigenvalue weighted by Crippen LogP contribution is -2.34. The maximum Gasteiger partial charge on any atom is 0.320 e. The Hall–Kier alpha value is -4.29. The Bertz CT molecular complexity index is 1190. The summed E-state index contributed by atoms with van der Waals surface area (Å²) in [5, 5.41) is 47.0. The summed E-state index contributed by atoms with van der Waals surface area (Å²) in [7, 11) is 0. The third-order valence-corrected chi connectivity index (χ3v) is 6.40. The number of aliphatic carboxylic acids is 4. The van der Waals surface area contributed by atoms with Crippen molar-refractivity contribution in [2.45, 2.75) is 75.5 Å². The first kappa shape index (κ1) is 40.7. The summed E-state index contributed by atoms with van der Waals surface area (Å²) in [5.74, 6) is -3.74. The molecule has 2 aromatic rings. The summed E-state index contributed by atoms with van der Waals surface area (Å²) in [6.45, 7) is 1.94. The normalized spacial score (nSPS) is 15.4. The number of nitrogens with two attached hydrogens (primary N) is 5. The van der Waals surface area contributed by atoms with E-state index < -0.39 is 42.0 Å². The number of H-pyrrole nitrogens is 1. The molecule has 0 saturated carbocycles. The van der Waals surface area contributed by atoms with Crippen LogP contribution in [-0.4, -0.2) is 99.0 Å². The number of benzene rings is 1. The zero-order valence-electron chi connectivity index (χ0n) is 25.3. The summed E-state index contributed by atoms with van der Waals surface area (Å²) in [5.41, 5.74) is 28.1. The molecule has 18 N–H and O–H groups in total. The number of para-hydroxylation sites is 1. The average Bonchev–Trinajstić information content (AvgIpc) is 3.67. The maximum absolute atomic E-state index is 10.6. The van der Waals surface area contributed by atoms with Crippen LogP contribution in [0.15, 0.2) is 30.5 Å². The zero-order chi connectivity index (χ0) is 34.4. The Balaban J connectivity index is 0.000000590. The van der Waals surface area contributed by atoms with Gasteiger partial charge in [0, 0.05) is 30.1 Å². The van der Waals surface area contributed by atoms with E-state index in [1.165, 1.54) is 0 Å². The first-order chi connectivity index (χ1) is 21.2. The van der Waals surface area contributed by atoms with Crippen molar-refractivity contribution < 1.29 is 39.6 Å². The van der Waals surface area contributed by atoms with Crippen LogP contribution < -0.4 is 39.3 Å². The molecule has 17 heteroatoms. The summed E-state index contributed by atoms with van der Waals surface area (Å²) in [4.78, 5) is 44.2. The van der Waals surface area contributed by atoms with Gasteiger partial charge in [0.1, 0.15) is 24.2 Å². The molecule has 1 aliphatic rings. The van der Waals surface area contributed by atoms with Crippen LogP contribution in [0.3, 0.4) is 0 Å². The molecule has 1 aliphatic heterocycles. The third-order valence-electron chi connectivity index (χ3n) is 6.40. The van der Waals surface area contributed by atoms with Crippen molar-refractivity contribution in [1.82, 2.24) is 15.6 Å². The summed E-state index contributed by atoms with van der Waals surface area (Å²) >= 11 is 0. The van der Waals surface area contributed by atoms with Crippen LogP contribution >= 0.6 is 0 Å². The molecule has 1 aromatic carbocycles. The second kappa shape index (κ2) is 23.1. The lowest BCUT2D eigenvalue weighted by atomic mass is 10.1. The molecule has 1 aromatic heterocycles. The van der Waals surface area contributed by atoms with Crippen molar-refractivity contribution in [1.29, 1.82) is 5.41 Å². The molecule has 4 atom stereocenters. The molecular weight excluding hydrogens is 590 g/mol. The Morgan fingerprint density at radius 3 is 1.96 bits per heavy atom. The number of hydrogen-bond acceptors (Lipinski definition) is 10. The van der Waals surface area contributed by atoms with Gasteiger partial charge in [0.25, 0.3) is 0 Å². The van der Waals surface area contributed by atoms with Gasteiger partial charge >= 0.3 is 23.9 Å². The van der Waals surface area contributed by atoms with Gasteiger partial charge in [-0.25, -0.2) is 0 Å². The molecule has 1 saturated heterocycles. The molecule has 1 fully saturated rings. The molecule has 4 unspecified atom stereocenters. The van der Waals surface area contributed by atoms with E-state index in [4.69, 9.17) is 54.5 Å². The fraction of sp³-hybridized carbons (Fsp3) is 0.536. The number of rotatable bonds is 14. The second-order valence-corrected chi connectivity index (χ2v) is 10.2. The van der Waals surface area contributed by atoms with Gasteiger partial charge in [0.05, 0.1) is 0 Å². The first-order valence-corrected chi connectivity index (χ1v) is 14.4. The van der Waals surface area contributed by atoms with E-state index in [-0.39, 0.29) is 12.0 Å². The minimum absolute atomic E-state index is 0.112. The molecule has 254 valence electrons. The molecule has 3 rings (SSSR count). The van der Waals surface area contributed by atoms with E-state index in [9.17, 15) is 19.2 Å². The lowest BCUT2D eigenvalue weighted by molar-refractivity contribution is -0.139. The maximum atomic E-state index is 10.6. The van der Waals surface area contributed by atoms with E-state index in [0.717, 1.165) is 48.7 Å². The van der Waals surface area contributed by atoms with E-state index in [1.807, 2.05) is 30.5 Å². The number of hydrogen-bond donors (Lipinski definition) is 13. The predicted octanol–water partition coefficient (Wildman–Crippen LogP) is -0.866. The number of fused-ring (bicyclic) bond motifs is 1. The number of unbranched alkanes of at least 4 members (excludes halogenated alkanes) is 1. The minimum atomic E-state index is -1.00. The number of guanidine groups is 1. The largest absolute Gasteiger partial charge is 0.480 e. The molecular formula is C28H49N9O8. The average molecular weight is 640 g/mol. The van der Waals surface area contributed by atoms with E-state index in [0.29, 0.717) is 38.8 Å². The number of carboxylic acids is 4. The number of aromatic amines is 1. The topological polar surface area (TPSA) is 343 Å². The quantitative estimate of drug-likeness (QED) is 0.0678. The van der Waals surface area contributed by atoms with Gasteiger partial charge in [-0.05, 0) is 63.2 Å². The molecule has 2 heterocycles. The first-order valence-electron chi connectivity index (χ1n) is 14.4. The molecule has 0 radical (unpaired) electrons. The van der Waals surface area contributed by atoms with Crippen molar-refractivity contribution in [3.05, 3.63) is 36.0 Å². The third kappa shape index (κ3) is 18.9. The summed E-state index contributed by atoms with van der Waals surface area (Å²) in [6.07, 6.45) is 7.08. The Labute approximate surface area is 261 Å². The minimum Gasteiger partial charge on any atom is -0.480 e. The second-order valence-electron chi connectivity index (χ2n) is 10.2. The summed E-state index contributed by atoms with van der Waals surface area (Å²) < 4.78 is 0. The Kier molecular flexibility index (Phi) is 20.9. The van der Waals surface area contributed by atoms with Crippen LogP contribution in [0.1, 0.15) is 50.5 Å². The van der Waals surface area contributed by atoms with Crippen LogP contribution in [-0.2, 0) is 25.6 Å². The molecule has 0 spiro atoms. The van der Waals surface area contributed by atoms with Crippen molar-refractivity contribution >= 4 is 40.7 Å². The van der Waals surface area contributed by atoms with E-state index in [2.05, 4.69) is 15.6 Å². The van der Waals surface area contributed by atoms with Crippen LogP contribution in [0, 0.1) is 5.41 Å². The van der Waals surface area contributed by atoms with Crippen molar-refractivity contribution in [2.75, 3.05) is 19.6 Å². The lowest BCUT2D eigenvalue weighted by Gasteiger charge is -2.06. The smallest absolute Gasteiger partial charge is 0.320 e. The molecule has 0 bridgehead atoms. The highest BCUT2D eigenvalue weighted by atomic mass is 16.4. The van der Waals surface area contributed by atoms with Gasteiger partial charge in [-0.3, -0.25) is 24.6 Å². The van der Waals surface area contributed by atoms with E-state index >= 15 is 0 Å². The van der Waals surface area contributed by atoms with Crippen molar-refractivity contribution in [3.63, 3.8) is 0 Å². The van der Waals surface area contributed by atoms with Gasteiger partial charge in [0.2, 0.25) is 0 Å². The van der Waals surface area contributed by atoms with Crippen LogP contribution in [0.2, 0.25) is 0 Å². The number of carbonyl (C=O) groups is 4. The Morgan fingerprint density at radius 2 is 1.49 bits per heavy atom. The number of aromatic nitrogens is 1. The van der Waals surface area contributed by atoms with Crippen molar-refractivity contribution in [3.8, 4) is 0 Å². The van der Waals surface area contributed by atoms with Gasteiger partial charge in [-0.15, -0.1) is 0 Å². The highest BCUT2D eigenvalue weighted by Gasteiger charge is 2.20. The van der Waals surface area contributed by atoms with Crippen molar-refractivity contribution in [2.24, 2.45) is 28.7 Å². The number of nitrogens with one attached hydrogen (secondary N) is 4. The van der Waals surface area contributed by atoms with Crippen LogP contribution in [0.4, 0.5) is 0 Å². The fourth-order valence-electron chi connectivity index (χ4n) is 3.82. The van der Waals surface area contributed by atoms with Crippen LogP contribution in [0.5, 0.6) is 0 Å². The van der Waals surface area contributed by atoms with Gasteiger partial charge in [-0.2, -0.15) is 0 Å². The monoisotopic (exact) mass is 639 g/mol. The fourth-order valence-corrected chi connectivity index (χ4v) is 3.82. The van der Waals surface area contributed by atoms with Crippen LogP contribution in [0.25, 0.3) is 10.9 Å². The van der Waals surface area contributed by atoms with Gasteiger partial charge < -0.3 is 64.7 Å². The predicted molar refractivity (Wildman–Crippen MR) is 170 cm³/mol. The van der Waals surface area contributed by atoms with E-state index in [1.54, 1.807) is 0 Å². The van der Waals surface area contributed by atoms with Gasteiger partial charge in [-0.1, -0.05) is 24.6 Å². The Morgan fingerprint density at radius 1 is 0.911 bits per heavy atom. The SMILES string of the molecule is N=C(N)NCCCC(N)C(=O)O.NC(Cc1c[nH]c2ccccc12)C(=O)O.NCCCCC(N)C(=O)O.O=C(O)C1CCCN1. The number of carboxylic acid groups (broad SMARTS) is 4.